The minimum atomic E-state index is -3.28. The van der Waals surface area contributed by atoms with Gasteiger partial charge in [0.15, 0.2) is 5.78 Å². The van der Waals surface area contributed by atoms with Crippen LogP contribution in [0.15, 0.2) is 11.8 Å². The van der Waals surface area contributed by atoms with Crippen LogP contribution in [0.2, 0.25) is 0 Å². The minimum absolute atomic E-state index is 0. The Morgan fingerprint density at radius 3 is 1.17 bits per heavy atom. The quantitative estimate of drug-likeness (QED) is 0.262. The molecule has 0 aliphatic heterocycles. The van der Waals surface area contributed by atoms with Gasteiger partial charge in [-0.25, -0.2) is 0 Å². The molecule has 29 heavy (non-hydrogen) atoms. The van der Waals surface area contributed by atoms with Gasteiger partial charge in [0.1, 0.15) is 11.2 Å². The van der Waals surface area contributed by atoms with E-state index < -0.39 is 15.7 Å². The van der Waals surface area contributed by atoms with Crippen molar-refractivity contribution in [2.75, 3.05) is 6.26 Å². The number of carbonyl (C=O) groups is 2. The second-order valence-corrected chi connectivity index (χ2v) is 10.8. The molecule has 0 aromatic carbocycles. The molecule has 176 valence electrons. The second-order valence-electron chi connectivity index (χ2n) is 9.19. The van der Waals surface area contributed by atoms with Crippen molar-refractivity contribution in [2.45, 2.75) is 107 Å². The van der Waals surface area contributed by atoms with E-state index in [0.717, 1.165) is 6.26 Å². The fraction of sp³-hybridized carbons (Fsp3) is 0.810. The third kappa shape index (κ3) is 46.5. The number of carbonyl (C=O) groups excluding carboxylic acids is 2. The van der Waals surface area contributed by atoms with E-state index in [1.165, 1.54) is 19.9 Å². The van der Waals surface area contributed by atoms with Crippen LogP contribution in [0.1, 0.15) is 90.5 Å². The monoisotopic (exact) mass is 440 g/mol. The first-order valence-electron chi connectivity index (χ1n) is 8.91. The highest BCUT2D eigenvalue weighted by molar-refractivity contribution is 7.86. The highest BCUT2D eigenvalue weighted by atomic mass is 32.2. The van der Waals surface area contributed by atoms with Crippen molar-refractivity contribution >= 4 is 21.9 Å². The van der Waals surface area contributed by atoms with E-state index in [9.17, 15) is 18.0 Å². The Morgan fingerprint density at radius 1 is 0.724 bits per heavy atom. The summed E-state index contributed by atoms with van der Waals surface area (Å²) in [4.78, 5) is 20.8. The maximum Gasteiger partial charge on any atom is 0.303 e. The average Bonchev–Trinajstić information content (AvgIpc) is 2.15. The summed E-state index contributed by atoms with van der Waals surface area (Å²) in [5.74, 6) is 0.467. The number of allylic oxidation sites excluding steroid dienone is 2. The van der Waals surface area contributed by atoms with Crippen LogP contribution in [0.25, 0.3) is 0 Å². The molecule has 0 atom stereocenters. The maximum absolute atomic E-state index is 10.6. The number of esters is 1. The fourth-order valence-corrected chi connectivity index (χ4v) is 2.59. The van der Waals surface area contributed by atoms with E-state index in [-0.39, 0.29) is 30.4 Å². The predicted molar refractivity (Wildman–Crippen MR) is 119 cm³/mol. The van der Waals surface area contributed by atoms with Gasteiger partial charge in [0.2, 0.25) is 0 Å². The Balaban J connectivity index is -0.000000161. The third-order valence-corrected chi connectivity index (χ3v) is 2.53. The average molecular weight is 441 g/mol. The molecule has 0 unspecified atom stereocenters. The summed E-state index contributed by atoms with van der Waals surface area (Å²) in [7, 11) is -3.28. The van der Waals surface area contributed by atoms with Crippen LogP contribution in [0.3, 0.4) is 0 Å². The molecule has 0 N–H and O–H groups in total. The second kappa shape index (κ2) is 13.7. The molecule has 0 rings (SSSR count). The minimum Gasteiger partial charge on any atom is -0.493 e. The van der Waals surface area contributed by atoms with Crippen LogP contribution < -0.4 is 0 Å². The zero-order chi connectivity index (χ0) is 23.6. The Hall–Kier alpha value is -1.41. The van der Waals surface area contributed by atoms with Crippen molar-refractivity contribution in [1.82, 2.24) is 0 Å². The van der Waals surface area contributed by atoms with Gasteiger partial charge < -0.3 is 9.47 Å². The third-order valence-electron chi connectivity index (χ3n) is 1.72. The molecule has 0 heterocycles. The van der Waals surface area contributed by atoms with Gasteiger partial charge in [-0.2, -0.15) is 8.42 Å². The Morgan fingerprint density at radius 2 is 1.07 bits per heavy atom. The van der Waals surface area contributed by atoms with Crippen LogP contribution in [-0.2, 0) is 33.4 Å². The van der Waals surface area contributed by atoms with E-state index >= 15 is 0 Å². The molecule has 0 fully saturated rings. The number of hydrogen-bond acceptors (Lipinski definition) is 7. The van der Waals surface area contributed by atoms with E-state index in [4.69, 9.17) is 9.47 Å². The summed E-state index contributed by atoms with van der Waals surface area (Å²) in [6.45, 7) is 21.1. The van der Waals surface area contributed by atoms with Crippen molar-refractivity contribution in [1.29, 1.82) is 0 Å². The van der Waals surface area contributed by atoms with Gasteiger partial charge in [-0.15, -0.1) is 0 Å². The van der Waals surface area contributed by atoms with Crippen LogP contribution in [0, 0.1) is 0 Å². The molecule has 0 aliphatic carbocycles. The van der Waals surface area contributed by atoms with Gasteiger partial charge in [-0.05, 0) is 76.2 Å². The fourth-order valence-electron chi connectivity index (χ4n) is 1.68. The summed E-state index contributed by atoms with van der Waals surface area (Å²) < 4.78 is 35.6. The van der Waals surface area contributed by atoms with Crippen molar-refractivity contribution in [3.63, 3.8) is 0 Å². The van der Waals surface area contributed by atoms with Crippen molar-refractivity contribution in [3.8, 4) is 0 Å². The summed E-state index contributed by atoms with van der Waals surface area (Å²) in [5, 5.41) is 0. The molecule has 0 saturated carbocycles. The zero-order valence-corrected chi connectivity index (χ0v) is 20.7. The van der Waals surface area contributed by atoms with Crippen LogP contribution in [-0.4, -0.2) is 43.2 Å². The Kier molecular flexibility index (Phi) is 16.6. The van der Waals surface area contributed by atoms with Crippen LogP contribution in [0.5, 0.6) is 0 Å². The first kappa shape index (κ1) is 35.1. The van der Waals surface area contributed by atoms with Gasteiger partial charge in [0, 0.05) is 13.0 Å². The topological polar surface area (TPSA) is 96.0 Å². The lowest BCUT2D eigenvalue weighted by Gasteiger charge is -2.21. The molecule has 0 saturated heterocycles. The molecule has 0 aromatic heterocycles. The molecule has 7 nitrogen and oxygen atoms in total. The lowest BCUT2D eigenvalue weighted by molar-refractivity contribution is -0.151. The molecular weight excluding hydrogens is 396 g/mol. The lowest BCUT2D eigenvalue weighted by Crippen LogP contribution is -2.22. The molecule has 0 amide bonds. The molecule has 8 heteroatoms. The maximum atomic E-state index is 10.6. The van der Waals surface area contributed by atoms with Crippen molar-refractivity contribution in [3.05, 3.63) is 11.8 Å². The summed E-state index contributed by atoms with van der Waals surface area (Å²) in [6, 6.07) is 0. The number of rotatable bonds is 3. The smallest absolute Gasteiger partial charge is 0.303 e. The number of ketones is 1. The molecule has 0 radical (unpaired) electrons. The summed E-state index contributed by atoms with van der Waals surface area (Å²) >= 11 is 0. The standard InChI is InChI=1S/C9H16O2.C6H12O2.C5H12O3S.CH4/c1-7(10)6-8(2)11-9(3,4)5;1-5(7)8-6(2,3)4;1-5(2,3)8-9(4,6)7;/h6H,1-5H3;1-4H3;1-4H3;1H4/b8-6-;;;. The SMILES string of the molecule is C.CC(=O)/C=C(/C)OC(C)(C)C.CC(=O)OC(C)(C)C.CC(C)(C)OS(C)(=O)=O. The zero-order valence-electron chi connectivity index (χ0n) is 19.8. The normalized spacial score (nSPS) is 12.2. The Bertz CT molecular complexity index is 611. The van der Waals surface area contributed by atoms with Crippen LogP contribution >= 0.6 is 0 Å². The van der Waals surface area contributed by atoms with E-state index in [0.29, 0.717) is 5.76 Å². The van der Waals surface area contributed by atoms with E-state index in [1.54, 1.807) is 27.7 Å². The summed E-state index contributed by atoms with van der Waals surface area (Å²) in [5.41, 5.74) is -1.14. The van der Waals surface area contributed by atoms with Gasteiger partial charge in [0.25, 0.3) is 10.1 Å². The largest absolute Gasteiger partial charge is 0.493 e. The predicted octanol–water partition coefficient (Wildman–Crippen LogP) is 5.04. The number of hydrogen-bond donors (Lipinski definition) is 0. The first-order valence-corrected chi connectivity index (χ1v) is 10.7. The van der Waals surface area contributed by atoms with Crippen molar-refractivity contribution in [2.24, 2.45) is 0 Å². The molecule has 0 bridgehead atoms. The highest BCUT2D eigenvalue weighted by Crippen LogP contribution is 2.12. The Labute approximate surface area is 179 Å². The van der Waals surface area contributed by atoms with Crippen LogP contribution in [0.4, 0.5) is 0 Å². The summed E-state index contributed by atoms with van der Waals surface area (Å²) in [6.07, 6.45) is 2.53. The highest BCUT2D eigenvalue weighted by Gasteiger charge is 2.16. The first-order chi connectivity index (χ1) is 11.9. The van der Waals surface area contributed by atoms with Gasteiger partial charge in [0.05, 0.1) is 17.6 Å². The van der Waals surface area contributed by atoms with E-state index in [1.807, 2.05) is 41.5 Å². The number of ether oxygens (including phenoxy) is 2. The lowest BCUT2D eigenvalue weighted by atomic mass is 10.2. The van der Waals surface area contributed by atoms with Gasteiger partial charge in [-0.1, -0.05) is 7.43 Å². The van der Waals surface area contributed by atoms with Gasteiger partial charge in [-0.3, -0.25) is 13.8 Å². The molecule has 0 aliphatic rings. The molecular formula is C21H44O7S. The molecule has 0 spiro atoms. The van der Waals surface area contributed by atoms with Gasteiger partial charge >= 0.3 is 5.97 Å². The van der Waals surface area contributed by atoms with Crippen molar-refractivity contribution < 1.29 is 31.7 Å². The molecule has 0 aromatic rings. The van der Waals surface area contributed by atoms with E-state index in [2.05, 4.69) is 4.18 Å².